The number of carbonyl (C=O) groups excluding carboxylic acids is 1. The minimum atomic E-state index is -1.04. The summed E-state index contributed by atoms with van der Waals surface area (Å²) in [6.45, 7) is 6.30. The number of amides is 1. The zero-order valence-electron chi connectivity index (χ0n) is 20.9. The van der Waals surface area contributed by atoms with E-state index in [1.807, 2.05) is 11.8 Å². The Morgan fingerprint density at radius 1 is 1.11 bits per heavy atom. The van der Waals surface area contributed by atoms with Crippen LogP contribution < -0.4 is 0 Å². The van der Waals surface area contributed by atoms with Crippen molar-refractivity contribution in [2.45, 2.75) is 52.0 Å². The van der Waals surface area contributed by atoms with E-state index in [9.17, 15) is 14.7 Å². The van der Waals surface area contributed by atoms with Crippen molar-refractivity contribution in [1.29, 1.82) is 0 Å². The van der Waals surface area contributed by atoms with Crippen LogP contribution in [0, 0.1) is 5.82 Å². The van der Waals surface area contributed by atoms with Crippen LogP contribution in [0.3, 0.4) is 0 Å². The van der Waals surface area contributed by atoms with Crippen LogP contribution in [0.4, 0.5) is 4.39 Å². The molecule has 1 aliphatic rings. The van der Waals surface area contributed by atoms with Crippen molar-refractivity contribution in [3.05, 3.63) is 71.1 Å². The number of rotatable bonds is 5. The van der Waals surface area contributed by atoms with E-state index < -0.39 is 11.8 Å². The fourth-order valence-electron chi connectivity index (χ4n) is 4.99. The molecule has 1 aromatic carbocycles. The second-order valence-corrected chi connectivity index (χ2v) is 9.56. The van der Waals surface area contributed by atoms with Crippen LogP contribution in [-0.2, 0) is 6.42 Å². The van der Waals surface area contributed by atoms with E-state index in [2.05, 4.69) is 17.0 Å². The molecule has 5 rings (SSSR count). The molecule has 1 saturated heterocycles. The standard InChI is InChI=1S/C28H28BFN4O3/c1-3-20-15-25(27(35)33-12-6-4-5-7-17(33)2)31-26-16-24(32-34(20)26)21-9-8-18(14-23(21)30)19-10-11-29-22(13-19)28(36)37/h8-11,13-17H,3-7,12H2,1-2H3,(H,36,37). The molecular weight excluding hydrogens is 470 g/mol. The van der Waals surface area contributed by atoms with Gasteiger partial charge >= 0.3 is 147 Å². The van der Waals surface area contributed by atoms with Crippen molar-refractivity contribution in [3.63, 3.8) is 0 Å². The third-order valence-electron chi connectivity index (χ3n) is 7.08. The zero-order chi connectivity index (χ0) is 26.1. The number of aromatic nitrogens is 3. The number of carboxylic acid groups (broad SMARTS) is 1. The van der Waals surface area contributed by atoms with Gasteiger partial charge in [-0.25, -0.2) is 0 Å². The van der Waals surface area contributed by atoms with Crippen LogP contribution >= 0.6 is 0 Å². The third-order valence-corrected chi connectivity index (χ3v) is 7.08. The first-order valence-electron chi connectivity index (χ1n) is 12.7. The molecule has 0 saturated carbocycles. The minimum absolute atomic E-state index is 0.0755. The van der Waals surface area contributed by atoms with E-state index in [0.29, 0.717) is 40.1 Å². The predicted octanol–water partition coefficient (Wildman–Crippen LogP) is 5.21. The molecule has 188 valence electrons. The van der Waals surface area contributed by atoms with Gasteiger partial charge in [-0.15, -0.1) is 0 Å². The summed E-state index contributed by atoms with van der Waals surface area (Å²) in [5.74, 6) is 0.0458. The number of aryl methyl sites for hydroxylation is 1. The van der Waals surface area contributed by atoms with E-state index in [1.54, 1.807) is 40.8 Å². The number of hydrogen-bond donors (Lipinski definition) is 1. The SMILES string of the molecule is CCc1cc(C(=O)N2CCCCCC2C)nc2cc(-c3ccc(-c4ccbc(C(=O)O)c4)cc3F)nn12. The van der Waals surface area contributed by atoms with Gasteiger partial charge in [0.1, 0.15) is 0 Å². The van der Waals surface area contributed by atoms with Gasteiger partial charge in [0, 0.05) is 12.6 Å². The Labute approximate surface area is 215 Å². The summed E-state index contributed by atoms with van der Waals surface area (Å²) in [6, 6.07) is 11.7. The van der Waals surface area contributed by atoms with Crippen molar-refractivity contribution in [2.24, 2.45) is 0 Å². The number of carboxylic acids is 1. The van der Waals surface area contributed by atoms with Crippen molar-refractivity contribution >= 4 is 24.4 Å². The molecule has 0 bridgehead atoms. The molecule has 4 aromatic rings. The summed E-state index contributed by atoms with van der Waals surface area (Å²) in [6.07, 6.45) is 4.87. The Hall–Kier alpha value is -3.88. The van der Waals surface area contributed by atoms with Gasteiger partial charge in [-0.1, -0.05) is 19.8 Å². The van der Waals surface area contributed by atoms with Crippen LogP contribution in [0.5, 0.6) is 0 Å². The molecule has 0 spiro atoms. The van der Waals surface area contributed by atoms with Crippen LogP contribution in [0.2, 0.25) is 0 Å². The van der Waals surface area contributed by atoms with E-state index in [0.717, 1.165) is 37.9 Å². The Balaban J connectivity index is 1.50. The monoisotopic (exact) mass is 498 g/mol. The van der Waals surface area contributed by atoms with E-state index in [4.69, 9.17) is 0 Å². The third kappa shape index (κ3) is 4.90. The Morgan fingerprint density at radius 3 is 2.68 bits per heavy atom. The number of benzene rings is 1. The van der Waals surface area contributed by atoms with Gasteiger partial charge in [-0.2, -0.15) is 0 Å². The Kier molecular flexibility index (Phi) is 6.87. The molecular formula is C28H28BFN4O3. The van der Waals surface area contributed by atoms with Crippen molar-refractivity contribution in [2.75, 3.05) is 6.54 Å². The molecule has 1 amide bonds. The molecule has 7 nitrogen and oxygen atoms in total. The number of likely N-dealkylation sites (tertiary alicyclic amines) is 1. The average Bonchev–Trinajstić information content (AvgIpc) is 3.21. The predicted molar refractivity (Wildman–Crippen MR) is 140 cm³/mol. The molecule has 1 atom stereocenters. The molecule has 1 aliphatic heterocycles. The Morgan fingerprint density at radius 2 is 1.92 bits per heavy atom. The second kappa shape index (κ2) is 10.2. The molecule has 1 N–H and O–H groups in total. The topological polar surface area (TPSA) is 87.8 Å². The van der Waals surface area contributed by atoms with Gasteiger partial charge in [-0.3, -0.25) is 4.79 Å². The van der Waals surface area contributed by atoms with Crippen molar-refractivity contribution < 1.29 is 19.1 Å². The first-order valence-corrected chi connectivity index (χ1v) is 12.7. The molecule has 4 heterocycles. The maximum atomic E-state index is 15.3. The fraction of sp³-hybridized carbons (Fsp3) is 0.321. The van der Waals surface area contributed by atoms with Gasteiger partial charge in [0.2, 0.25) is 0 Å². The van der Waals surface area contributed by atoms with Gasteiger partial charge in [-0.05, 0) is 19.8 Å². The summed E-state index contributed by atoms with van der Waals surface area (Å²) in [7, 11) is 0. The Bertz CT molecular complexity index is 1500. The first-order chi connectivity index (χ1) is 17.9. The van der Waals surface area contributed by atoms with Crippen LogP contribution in [-0.4, -0.2) is 56.0 Å². The number of nitrogens with zero attached hydrogens (tertiary/aromatic N) is 4. The van der Waals surface area contributed by atoms with Crippen molar-refractivity contribution in [1.82, 2.24) is 19.5 Å². The number of carbonyl (C=O) groups is 2. The van der Waals surface area contributed by atoms with Crippen LogP contribution in [0.15, 0.2) is 48.4 Å². The van der Waals surface area contributed by atoms with E-state index in [-0.39, 0.29) is 17.4 Å². The van der Waals surface area contributed by atoms with Crippen LogP contribution in [0.1, 0.15) is 66.0 Å². The van der Waals surface area contributed by atoms with Crippen LogP contribution in [0.25, 0.3) is 28.0 Å². The molecule has 1 unspecified atom stereocenters. The molecule has 1 fully saturated rings. The number of halogens is 1. The summed E-state index contributed by atoms with van der Waals surface area (Å²) < 4.78 is 16.9. The molecule has 0 aliphatic carbocycles. The van der Waals surface area contributed by atoms with Gasteiger partial charge in [0.25, 0.3) is 5.91 Å². The molecule has 37 heavy (non-hydrogen) atoms. The van der Waals surface area contributed by atoms with Crippen molar-refractivity contribution in [3.8, 4) is 22.4 Å². The fourth-order valence-corrected chi connectivity index (χ4v) is 4.99. The normalized spacial score (nSPS) is 16.0. The quantitative estimate of drug-likeness (QED) is 0.409. The summed E-state index contributed by atoms with van der Waals surface area (Å²) >= 11 is 0. The number of hydrogen-bond acceptors (Lipinski definition) is 4. The average molecular weight is 498 g/mol. The van der Waals surface area contributed by atoms with Gasteiger partial charge in [0.05, 0.1) is 0 Å². The molecule has 9 heteroatoms. The van der Waals surface area contributed by atoms with Gasteiger partial charge in [0.15, 0.2) is 0 Å². The number of fused-ring (bicyclic) bond motifs is 1. The molecule has 3 aromatic heterocycles. The number of aromatic carboxylic acids is 1. The summed E-state index contributed by atoms with van der Waals surface area (Å²) in [4.78, 5) is 31.2. The van der Waals surface area contributed by atoms with E-state index >= 15 is 4.39 Å². The first kappa shape index (κ1) is 24.8. The zero-order valence-corrected chi connectivity index (χ0v) is 20.9. The second-order valence-electron chi connectivity index (χ2n) is 9.56. The van der Waals surface area contributed by atoms with Gasteiger partial charge < -0.3 is 4.90 Å². The summed E-state index contributed by atoms with van der Waals surface area (Å²) in [5.41, 5.74) is 3.75. The van der Waals surface area contributed by atoms with E-state index in [1.165, 1.54) is 19.0 Å². The molecule has 0 radical (unpaired) electrons. The summed E-state index contributed by atoms with van der Waals surface area (Å²) in [5, 5.41) is 13.9. The maximum absolute atomic E-state index is 15.3.